The molecule has 2 aliphatic rings. The molecule has 1 saturated carbocycles. The molecule has 1 saturated heterocycles. The van der Waals surface area contributed by atoms with Crippen molar-refractivity contribution in [3.63, 3.8) is 0 Å². The highest BCUT2D eigenvalue weighted by Gasteiger charge is 2.39. The summed E-state index contributed by atoms with van der Waals surface area (Å²) < 4.78 is 0. The average Bonchev–Trinajstić information content (AvgIpc) is 3.20. The first-order valence-electron chi connectivity index (χ1n) is 9.97. The number of nitrogens with zero attached hydrogens (tertiary/aromatic N) is 1. The van der Waals surface area contributed by atoms with E-state index >= 15 is 0 Å². The zero-order valence-electron chi connectivity index (χ0n) is 16.0. The molecule has 1 aliphatic heterocycles. The SMILES string of the molecule is CC1CCC(NC(=O)CN2C(=O)NC(Cc3c[nH]c4ccccc34)C2=O)CC1. The van der Waals surface area contributed by atoms with Gasteiger partial charge in [-0.05, 0) is 43.2 Å². The molecule has 1 aromatic heterocycles. The summed E-state index contributed by atoms with van der Waals surface area (Å²) >= 11 is 0. The van der Waals surface area contributed by atoms with E-state index in [0.29, 0.717) is 12.3 Å². The van der Waals surface area contributed by atoms with Gasteiger partial charge in [-0.15, -0.1) is 0 Å². The minimum Gasteiger partial charge on any atom is -0.361 e. The average molecular weight is 382 g/mol. The lowest BCUT2D eigenvalue weighted by Gasteiger charge is -2.27. The number of urea groups is 1. The van der Waals surface area contributed by atoms with Crippen molar-refractivity contribution in [1.29, 1.82) is 0 Å². The molecule has 1 atom stereocenters. The number of hydrogen-bond acceptors (Lipinski definition) is 3. The Labute approximate surface area is 163 Å². The molecule has 4 amide bonds. The first kappa shape index (κ1) is 18.5. The largest absolute Gasteiger partial charge is 0.361 e. The van der Waals surface area contributed by atoms with Gasteiger partial charge in [0, 0.05) is 29.6 Å². The standard InChI is InChI=1S/C21H26N4O3/c1-13-6-8-15(9-7-13)23-19(26)12-25-20(27)18(24-21(25)28)10-14-11-22-17-5-3-2-4-16(14)17/h2-5,11,13,15,18,22H,6-10,12H2,1H3,(H,23,26)(H,24,28). The monoisotopic (exact) mass is 382 g/mol. The zero-order valence-corrected chi connectivity index (χ0v) is 16.0. The summed E-state index contributed by atoms with van der Waals surface area (Å²) in [5.74, 6) is 0.0860. The number of carbonyl (C=O) groups is 3. The number of hydrogen-bond donors (Lipinski definition) is 3. The van der Waals surface area contributed by atoms with Gasteiger partial charge in [0.15, 0.2) is 0 Å². The molecule has 7 heteroatoms. The number of para-hydroxylation sites is 1. The van der Waals surface area contributed by atoms with Gasteiger partial charge < -0.3 is 15.6 Å². The van der Waals surface area contributed by atoms with Crippen molar-refractivity contribution in [2.45, 2.75) is 51.1 Å². The second kappa shape index (κ2) is 7.66. The van der Waals surface area contributed by atoms with E-state index < -0.39 is 12.1 Å². The van der Waals surface area contributed by atoms with E-state index in [1.54, 1.807) is 0 Å². The van der Waals surface area contributed by atoms with Gasteiger partial charge in [0.1, 0.15) is 12.6 Å². The Bertz CT molecular complexity index is 898. The van der Waals surface area contributed by atoms with Crippen LogP contribution in [0.1, 0.15) is 38.2 Å². The molecule has 7 nitrogen and oxygen atoms in total. The summed E-state index contributed by atoms with van der Waals surface area (Å²) in [4.78, 5) is 41.5. The zero-order chi connectivity index (χ0) is 19.7. The third kappa shape index (κ3) is 3.74. The maximum absolute atomic E-state index is 12.7. The molecule has 4 rings (SSSR count). The molecule has 148 valence electrons. The number of rotatable bonds is 5. The molecule has 0 radical (unpaired) electrons. The Morgan fingerprint density at radius 3 is 2.71 bits per heavy atom. The van der Waals surface area contributed by atoms with Crippen molar-refractivity contribution in [3.05, 3.63) is 36.0 Å². The molecular weight excluding hydrogens is 356 g/mol. The van der Waals surface area contributed by atoms with Crippen molar-refractivity contribution in [2.75, 3.05) is 6.54 Å². The van der Waals surface area contributed by atoms with E-state index in [-0.39, 0.29) is 24.4 Å². The van der Waals surface area contributed by atoms with Crippen LogP contribution in [0, 0.1) is 5.92 Å². The molecular formula is C21H26N4O3. The topological polar surface area (TPSA) is 94.3 Å². The molecule has 2 aromatic rings. The lowest BCUT2D eigenvalue weighted by molar-refractivity contribution is -0.132. The van der Waals surface area contributed by atoms with Crippen LogP contribution in [0.15, 0.2) is 30.5 Å². The van der Waals surface area contributed by atoms with Crippen LogP contribution in [-0.2, 0) is 16.0 Å². The number of fused-ring (bicyclic) bond motifs is 1. The molecule has 0 spiro atoms. The first-order chi connectivity index (χ1) is 13.5. The second-order valence-electron chi connectivity index (χ2n) is 8.01. The van der Waals surface area contributed by atoms with Crippen LogP contribution < -0.4 is 10.6 Å². The van der Waals surface area contributed by atoms with Gasteiger partial charge in [0.2, 0.25) is 5.91 Å². The van der Waals surface area contributed by atoms with Crippen LogP contribution in [0.5, 0.6) is 0 Å². The van der Waals surface area contributed by atoms with Crippen LogP contribution in [-0.4, -0.2) is 46.4 Å². The van der Waals surface area contributed by atoms with Crippen LogP contribution in [0.25, 0.3) is 10.9 Å². The summed E-state index contributed by atoms with van der Waals surface area (Å²) in [5.41, 5.74) is 1.96. The van der Waals surface area contributed by atoms with Crippen molar-refractivity contribution < 1.29 is 14.4 Å². The van der Waals surface area contributed by atoms with E-state index in [1.165, 1.54) is 0 Å². The number of nitrogens with one attached hydrogen (secondary N) is 3. The Kier molecular flexibility index (Phi) is 5.07. The number of aromatic nitrogens is 1. The van der Waals surface area contributed by atoms with E-state index in [1.807, 2.05) is 30.5 Å². The Hall–Kier alpha value is -2.83. The quantitative estimate of drug-likeness (QED) is 0.693. The smallest absolute Gasteiger partial charge is 0.325 e. The molecule has 1 aromatic carbocycles. The summed E-state index contributed by atoms with van der Waals surface area (Å²) in [6.45, 7) is 2.00. The number of H-pyrrole nitrogens is 1. The summed E-state index contributed by atoms with van der Waals surface area (Å²) in [7, 11) is 0. The van der Waals surface area contributed by atoms with Crippen LogP contribution in [0.2, 0.25) is 0 Å². The number of imide groups is 1. The van der Waals surface area contributed by atoms with Gasteiger partial charge in [-0.2, -0.15) is 0 Å². The Balaban J connectivity index is 1.36. The maximum atomic E-state index is 12.7. The Morgan fingerprint density at radius 1 is 1.18 bits per heavy atom. The van der Waals surface area contributed by atoms with Crippen LogP contribution in [0.4, 0.5) is 4.79 Å². The molecule has 2 fully saturated rings. The lowest BCUT2D eigenvalue weighted by Crippen LogP contribution is -2.45. The summed E-state index contributed by atoms with van der Waals surface area (Å²) in [6.07, 6.45) is 6.37. The van der Waals surface area contributed by atoms with Gasteiger partial charge in [-0.3, -0.25) is 14.5 Å². The lowest BCUT2D eigenvalue weighted by atomic mass is 9.87. The minimum absolute atomic E-state index is 0.145. The van der Waals surface area contributed by atoms with Crippen LogP contribution >= 0.6 is 0 Å². The number of amides is 4. The van der Waals surface area contributed by atoms with Crippen molar-refractivity contribution in [1.82, 2.24) is 20.5 Å². The van der Waals surface area contributed by atoms with Crippen molar-refractivity contribution >= 4 is 28.7 Å². The third-order valence-corrected chi connectivity index (χ3v) is 5.89. The fourth-order valence-corrected chi connectivity index (χ4v) is 4.21. The van der Waals surface area contributed by atoms with Gasteiger partial charge in [0.05, 0.1) is 0 Å². The highest BCUT2D eigenvalue weighted by molar-refractivity contribution is 6.06. The molecule has 1 unspecified atom stereocenters. The normalized spacial score (nSPS) is 25.2. The summed E-state index contributed by atoms with van der Waals surface area (Å²) in [5, 5.41) is 6.72. The third-order valence-electron chi connectivity index (χ3n) is 5.89. The van der Waals surface area contributed by atoms with E-state index in [0.717, 1.165) is 47.0 Å². The Morgan fingerprint density at radius 2 is 1.93 bits per heavy atom. The highest BCUT2D eigenvalue weighted by Crippen LogP contribution is 2.24. The number of benzene rings is 1. The fourth-order valence-electron chi connectivity index (χ4n) is 4.21. The molecule has 2 heterocycles. The van der Waals surface area contributed by atoms with Gasteiger partial charge in [-0.25, -0.2) is 4.79 Å². The molecule has 28 heavy (non-hydrogen) atoms. The van der Waals surface area contributed by atoms with Gasteiger partial charge in [0.25, 0.3) is 5.91 Å². The number of carbonyl (C=O) groups excluding carboxylic acids is 3. The summed E-state index contributed by atoms with van der Waals surface area (Å²) in [6, 6.07) is 6.84. The van der Waals surface area contributed by atoms with Crippen molar-refractivity contribution in [3.8, 4) is 0 Å². The van der Waals surface area contributed by atoms with E-state index in [9.17, 15) is 14.4 Å². The highest BCUT2D eigenvalue weighted by atomic mass is 16.2. The van der Waals surface area contributed by atoms with Gasteiger partial charge in [-0.1, -0.05) is 25.1 Å². The molecule has 1 aliphatic carbocycles. The predicted octanol–water partition coefficient (Wildman–Crippen LogP) is 2.33. The minimum atomic E-state index is -0.643. The van der Waals surface area contributed by atoms with Gasteiger partial charge >= 0.3 is 6.03 Å². The van der Waals surface area contributed by atoms with Crippen LogP contribution in [0.3, 0.4) is 0 Å². The van der Waals surface area contributed by atoms with E-state index in [4.69, 9.17) is 0 Å². The fraction of sp³-hybridized carbons (Fsp3) is 0.476. The van der Waals surface area contributed by atoms with E-state index in [2.05, 4.69) is 22.5 Å². The van der Waals surface area contributed by atoms with Crippen molar-refractivity contribution in [2.24, 2.45) is 5.92 Å². The second-order valence-corrected chi connectivity index (χ2v) is 8.01. The first-order valence-corrected chi connectivity index (χ1v) is 9.97. The maximum Gasteiger partial charge on any atom is 0.325 e. The molecule has 3 N–H and O–H groups in total. The number of aromatic amines is 1. The predicted molar refractivity (Wildman–Crippen MR) is 106 cm³/mol. The molecule has 0 bridgehead atoms.